The highest BCUT2D eigenvalue weighted by atomic mass is 31.2. The zero-order valence-electron chi connectivity index (χ0n) is 33.6. The molecule has 0 heterocycles. The normalized spacial score (nSPS) is 13.9. The molecular formula is C41H78NO10P. The molecule has 0 saturated heterocycles. The minimum Gasteiger partial charge on any atom is -0.480 e. The second-order valence-electron chi connectivity index (χ2n) is 14.5. The molecule has 1 amide bonds. The summed E-state index contributed by atoms with van der Waals surface area (Å²) in [6, 6.07) is -1.54. The van der Waals surface area contributed by atoms with Gasteiger partial charge in [0.2, 0.25) is 5.91 Å². The average molecular weight is 776 g/mol. The smallest absolute Gasteiger partial charge is 0.472 e. The fraction of sp³-hybridized carbons (Fsp3) is 0.878. The number of unbranched alkanes of at least 4 members (excludes halogenated alkanes) is 24. The summed E-state index contributed by atoms with van der Waals surface area (Å²) in [5, 5.41) is 21.7. The third-order valence-corrected chi connectivity index (χ3v) is 10.2. The Labute approximate surface area is 322 Å². The zero-order valence-corrected chi connectivity index (χ0v) is 34.5. The summed E-state index contributed by atoms with van der Waals surface area (Å²) in [4.78, 5) is 45.7. The molecular weight excluding hydrogens is 697 g/mol. The first-order chi connectivity index (χ1) is 25.6. The second-order valence-corrected chi connectivity index (χ2v) is 16.0. The highest BCUT2D eigenvalue weighted by molar-refractivity contribution is 7.47. The number of ether oxygens (including phenoxy) is 1. The molecule has 0 aromatic heterocycles. The first-order valence-electron chi connectivity index (χ1n) is 21.2. The molecule has 0 rings (SSSR count). The first-order valence-corrected chi connectivity index (χ1v) is 22.7. The van der Waals surface area contributed by atoms with Crippen LogP contribution in [0, 0.1) is 0 Å². The van der Waals surface area contributed by atoms with Crippen LogP contribution in [0.4, 0.5) is 0 Å². The fourth-order valence-corrected chi connectivity index (χ4v) is 6.74. The molecule has 3 atom stereocenters. The monoisotopic (exact) mass is 776 g/mol. The molecule has 11 nitrogen and oxygen atoms in total. The second kappa shape index (κ2) is 37.2. The lowest BCUT2D eigenvalue weighted by Gasteiger charge is -2.18. The molecule has 0 saturated carbocycles. The maximum absolute atomic E-state index is 12.2. The number of carboxylic acid groups (broad SMARTS) is 1. The van der Waals surface area contributed by atoms with Crippen molar-refractivity contribution < 1.29 is 47.8 Å². The molecule has 0 bridgehead atoms. The Morgan fingerprint density at radius 2 is 1.02 bits per heavy atom. The largest absolute Gasteiger partial charge is 0.480 e. The van der Waals surface area contributed by atoms with Crippen LogP contribution in [0.3, 0.4) is 0 Å². The molecule has 3 unspecified atom stereocenters. The lowest BCUT2D eigenvalue weighted by atomic mass is 10.0. The minimum absolute atomic E-state index is 0.137. The van der Waals surface area contributed by atoms with Gasteiger partial charge in [0.1, 0.15) is 12.7 Å². The molecule has 0 aromatic carbocycles. The molecule has 12 heteroatoms. The van der Waals surface area contributed by atoms with Gasteiger partial charge < -0.3 is 25.2 Å². The Kier molecular flexibility index (Phi) is 35.9. The van der Waals surface area contributed by atoms with Crippen LogP contribution < -0.4 is 5.32 Å². The van der Waals surface area contributed by atoms with Crippen molar-refractivity contribution >= 4 is 25.7 Å². The third kappa shape index (κ3) is 36.9. The molecule has 0 radical (unpaired) electrons. The summed E-state index contributed by atoms with van der Waals surface area (Å²) in [6.07, 6.45) is 35.4. The van der Waals surface area contributed by atoms with Gasteiger partial charge in [0, 0.05) is 12.8 Å². The standard InChI is InChI=1S/C41H78NO10P/c1-3-5-7-9-11-13-15-16-17-18-19-20-21-22-23-25-27-29-31-33-40(45)50-34-37(43)35-51-53(48,49)52-36-38(41(46)47)42-39(44)32-30-28-26-24-14-12-10-8-6-4-2/h8,10,37-38,43H,3-7,9,11-36H2,1-2H3,(H,42,44)(H,46,47)(H,48,49)/b10-8-. The van der Waals surface area contributed by atoms with E-state index >= 15 is 0 Å². The van der Waals surface area contributed by atoms with Crippen molar-refractivity contribution in [1.29, 1.82) is 0 Å². The van der Waals surface area contributed by atoms with Gasteiger partial charge in [-0.2, -0.15) is 0 Å². The van der Waals surface area contributed by atoms with E-state index in [2.05, 4.69) is 31.3 Å². The number of phosphoric ester groups is 1. The molecule has 53 heavy (non-hydrogen) atoms. The number of aliphatic carboxylic acids is 1. The van der Waals surface area contributed by atoms with Crippen molar-refractivity contribution in [3.05, 3.63) is 12.2 Å². The van der Waals surface area contributed by atoms with E-state index in [1.807, 2.05) is 0 Å². The van der Waals surface area contributed by atoms with E-state index in [4.69, 9.17) is 13.8 Å². The summed E-state index contributed by atoms with van der Waals surface area (Å²) in [5.74, 6) is -2.38. The van der Waals surface area contributed by atoms with E-state index in [1.54, 1.807) is 0 Å². The number of allylic oxidation sites excluding steroid dienone is 2. The predicted molar refractivity (Wildman–Crippen MR) is 213 cm³/mol. The minimum atomic E-state index is -4.75. The van der Waals surface area contributed by atoms with Gasteiger partial charge in [-0.1, -0.05) is 167 Å². The highest BCUT2D eigenvalue weighted by Crippen LogP contribution is 2.43. The van der Waals surface area contributed by atoms with Gasteiger partial charge in [-0.25, -0.2) is 9.36 Å². The van der Waals surface area contributed by atoms with E-state index in [-0.39, 0.29) is 12.8 Å². The van der Waals surface area contributed by atoms with E-state index in [0.717, 1.165) is 64.2 Å². The van der Waals surface area contributed by atoms with Crippen molar-refractivity contribution in [3.8, 4) is 0 Å². The Hall–Kier alpha value is -1.78. The molecule has 0 aliphatic carbocycles. The van der Waals surface area contributed by atoms with E-state index in [0.29, 0.717) is 12.8 Å². The van der Waals surface area contributed by atoms with Crippen LogP contribution in [0.5, 0.6) is 0 Å². The molecule has 0 fully saturated rings. The fourth-order valence-electron chi connectivity index (χ4n) is 5.97. The van der Waals surface area contributed by atoms with Crippen molar-refractivity contribution in [2.75, 3.05) is 19.8 Å². The van der Waals surface area contributed by atoms with Gasteiger partial charge >= 0.3 is 19.8 Å². The van der Waals surface area contributed by atoms with Crippen LogP contribution in [-0.2, 0) is 32.7 Å². The van der Waals surface area contributed by atoms with Gasteiger partial charge in [0.15, 0.2) is 6.04 Å². The number of carbonyl (C=O) groups is 3. The Morgan fingerprint density at radius 1 is 0.585 bits per heavy atom. The number of nitrogens with one attached hydrogen (secondary N) is 1. The molecule has 4 N–H and O–H groups in total. The Morgan fingerprint density at radius 3 is 1.51 bits per heavy atom. The molecule has 0 aromatic rings. The van der Waals surface area contributed by atoms with E-state index in [9.17, 15) is 34.1 Å². The van der Waals surface area contributed by atoms with Crippen LogP contribution in [0.1, 0.15) is 200 Å². The van der Waals surface area contributed by atoms with Crippen LogP contribution in [0.15, 0.2) is 12.2 Å². The number of hydrogen-bond donors (Lipinski definition) is 4. The van der Waals surface area contributed by atoms with Crippen LogP contribution in [0.25, 0.3) is 0 Å². The Balaban J connectivity index is 3.83. The summed E-state index contributed by atoms with van der Waals surface area (Å²) in [6.45, 7) is 2.52. The van der Waals surface area contributed by atoms with Crippen molar-refractivity contribution in [2.24, 2.45) is 0 Å². The number of aliphatic hydroxyl groups is 1. The molecule has 0 aliphatic heterocycles. The maximum Gasteiger partial charge on any atom is 0.472 e. The van der Waals surface area contributed by atoms with Crippen molar-refractivity contribution in [3.63, 3.8) is 0 Å². The number of carboxylic acids is 1. The number of phosphoric acid groups is 1. The lowest BCUT2D eigenvalue weighted by molar-refractivity contribution is -0.147. The van der Waals surface area contributed by atoms with Crippen LogP contribution >= 0.6 is 7.82 Å². The predicted octanol–water partition coefficient (Wildman–Crippen LogP) is 10.5. The lowest BCUT2D eigenvalue weighted by Crippen LogP contribution is -2.43. The van der Waals surface area contributed by atoms with Gasteiger partial charge in [-0.3, -0.25) is 18.6 Å². The van der Waals surface area contributed by atoms with Crippen LogP contribution in [0.2, 0.25) is 0 Å². The van der Waals surface area contributed by atoms with Gasteiger partial charge in [0.25, 0.3) is 0 Å². The topological polar surface area (TPSA) is 169 Å². The summed E-state index contributed by atoms with van der Waals surface area (Å²) in [7, 11) is -4.75. The number of rotatable bonds is 40. The highest BCUT2D eigenvalue weighted by Gasteiger charge is 2.28. The summed E-state index contributed by atoms with van der Waals surface area (Å²) < 4.78 is 26.8. The summed E-state index contributed by atoms with van der Waals surface area (Å²) in [5.41, 5.74) is 0. The van der Waals surface area contributed by atoms with Crippen molar-refractivity contribution in [2.45, 2.75) is 212 Å². The van der Waals surface area contributed by atoms with E-state index in [1.165, 1.54) is 96.3 Å². The van der Waals surface area contributed by atoms with Gasteiger partial charge in [-0.05, 0) is 32.1 Å². The number of aliphatic hydroxyl groups excluding tert-OH is 1. The van der Waals surface area contributed by atoms with E-state index < -0.39 is 57.6 Å². The van der Waals surface area contributed by atoms with Gasteiger partial charge in [0.05, 0.1) is 13.2 Å². The average Bonchev–Trinajstić information content (AvgIpc) is 3.13. The SMILES string of the molecule is CCC/C=C\CCCCCCCC(=O)NC(COP(=O)(O)OCC(O)COC(=O)CCCCCCCCCCCCCCCCCCCCC)C(=O)O. The van der Waals surface area contributed by atoms with Gasteiger partial charge in [-0.15, -0.1) is 0 Å². The zero-order chi connectivity index (χ0) is 39.3. The summed E-state index contributed by atoms with van der Waals surface area (Å²) >= 11 is 0. The molecule has 0 aliphatic rings. The van der Waals surface area contributed by atoms with Crippen LogP contribution in [-0.4, -0.2) is 64.9 Å². The number of amides is 1. The quantitative estimate of drug-likeness (QED) is 0.0203. The number of esters is 1. The van der Waals surface area contributed by atoms with Crippen molar-refractivity contribution in [1.82, 2.24) is 5.32 Å². The molecule has 312 valence electrons. The maximum atomic E-state index is 12.2. The Bertz CT molecular complexity index is 963. The number of carbonyl (C=O) groups excluding carboxylic acids is 2. The third-order valence-electron chi connectivity index (χ3n) is 9.29. The number of hydrogen-bond acceptors (Lipinski definition) is 8. The first kappa shape index (κ1) is 51.2. The molecule has 0 spiro atoms.